The van der Waals surface area contributed by atoms with Crippen LogP contribution in [0.5, 0.6) is 0 Å². The third kappa shape index (κ3) is 3.92. The fourth-order valence-electron chi connectivity index (χ4n) is 4.30. The molecule has 5 aliphatic heterocycles. The number of nitrogens with one attached hydrogen (secondary N) is 2. The summed E-state index contributed by atoms with van der Waals surface area (Å²) in [5, 5.41) is 7.83. The maximum atomic E-state index is 5.73. The predicted octanol–water partition coefficient (Wildman–Crippen LogP) is 5.94. The molecule has 9 nitrogen and oxygen atoms in total. The number of hydrogen-bond donors (Lipinski definition) is 2. The summed E-state index contributed by atoms with van der Waals surface area (Å²) < 4.78 is 27.2. The van der Waals surface area contributed by atoms with Gasteiger partial charge >= 0.3 is 0 Å². The predicted molar refractivity (Wildman–Crippen MR) is 144 cm³/mol. The Kier molecular flexibility index (Phi) is 4.99. The number of anilines is 2. The second-order valence-electron chi connectivity index (χ2n) is 9.71. The summed E-state index contributed by atoms with van der Waals surface area (Å²) in [6, 6.07) is 17.4. The Morgan fingerprint density at radius 2 is 0.912 bits per heavy atom. The Labute approximate surface area is 202 Å². The summed E-state index contributed by atoms with van der Waals surface area (Å²) in [5.41, 5.74) is 4.74. The van der Waals surface area contributed by atoms with Crippen LogP contribution < -0.4 is 10.2 Å². The minimum Gasteiger partial charge on any atom is -0.323 e. The monoisotopic (exact) mass is 515 g/mol. The summed E-state index contributed by atoms with van der Waals surface area (Å²) in [6.45, 7) is 12.8. The first-order valence-corrected chi connectivity index (χ1v) is 17.0. The van der Waals surface area contributed by atoms with Crippen molar-refractivity contribution in [1.29, 1.82) is 0 Å². The molecule has 5 aliphatic rings. The van der Waals surface area contributed by atoms with E-state index in [0.717, 1.165) is 63.7 Å². The van der Waals surface area contributed by atoms with E-state index in [4.69, 9.17) is 13.5 Å². The molecule has 180 valence electrons. The van der Waals surface area contributed by atoms with Gasteiger partial charge in [0.1, 0.15) is 0 Å². The van der Waals surface area contributed by atoms with Gasteiger partial charge in [-0.3, -0.25) is 0 Å². The van der Waals surface area contributed by atoms with Crippen LogP contribution in [0.2, 0.25) is 0 Å². The van der Waals surface area contributed by atoms with Crippen LogP contribution in [0.1, 0.15) is 11.1 Å². The van der Waals surface area contributed by atoms with Crippen LogP contribution >= 0.6 is 22.5 Å². The molecule has 0 amide bonds. The zero-order valence-electron chi connectivity index (χ0n) is 19.7. The Bertz CT molecular complexity index is 1210. The van der Waals surface area contributed by atoms with E-state index < -0.39 is 22.5 Å². The molecule has 2 atom stereocenters. The van der Waals surface area contributed by atoms with Crippen LogP contribution in [-0.2, 0) is 0 Å². The lowest BCUT2D eigenvalue weighted by atomic mass is 10.2. The zero-order valence-corrected chi connectivity index (χ0v) is 22.4. The summed E-state index contributed by atoms with van der Waals surface area (Å²) in [4.78, 5) is 0. The highest BCUT2D eigenvalue weighted by molar-refractivity contribution is 7.85. The topological polar surface area (TPSA) is 73.2 Å². The summed E-state index contributed by atoms with van der Waals surface area (Å²) >= 11 is 0. The van der Waals surface area contributed by atoms with Crippen LogP contribution in [-0.4, -0.2) is 71.0 Å². The Hall–Kier alpha value is -1.43. The van der Waals surface area contributed by atoms with E-state index in [1.807, 2.05) is 0 Å². The SMILES string of the molecule is Cc1ccc(N[P@]2(N3CC3)=NP(N3CC3)(N3CC3)=N[P@](Nc3ccc(C)cc3)(N3CC3)=N2)cc1. The summed E-state index contributed by atoms with van der Waals surface area (Å²) in [6.07, 6.45) is 0. The Morgan fingerprint density at radius 1 is 0.529 bits per heavy atom. The van der Waals surface area contributed by atoms with Gasteiger partial charge in [-0.1, -0.05) is 35.4 Å². The van der Waals surface area contributed by atoms with Gasteiger partial charge in [-0.05, 0) is 38.1 Å². The van der Waals surface area contributed by atoms with Gasteiger partial charge in [-0.15, -0.1) is 0 Å². The average Bonchev–Trinajstić information content (AvgIpc) is 3.68. The quantitative estimate of drug-likeness (QED) is 0.335. The summed E-state index contributed by atoms with van der Waals surface area (Å²) in [5.74, 6) is 0. The lowest BCUT2D eigenvalue weighted by molar-refractivity contribution is 0.772. The highest BCUT2D eigenvalue weighted by Crippen LogP contribution is 2.84. The van der Waals surface area contributed by atoms with Gasteiger partial charge in [0.05, 0.1) is 0 Å². The molecule has 0 spiro atoms. The van der Waals surface area contributed by atoms with E-state index in [1.54, 1.807) is 0 Å². The van der Waals surface area contributed by atoms with E-state index >= 15 is 0 Å². The molecule has 7 rings (SSSR count). The normalized spacial score (nSPS) is 32.2. The van der Waals surface area contributed by atoms with Crippen molar-refractivity contribution in [2.24, 2.45) is 13.5 Å². The third-order valence-electron chi connectivity index (χ3n) is 6.64. The van der Waals surface area contributed by atoms with Crippen molar-refractivity contribution in [2.75, 3.05) is 62.5 Å². The largest absolute Gasteiger partial charge is 0.323 e. The second kappa shape index (κ2) is 7.78. The highest BCUT2D eigenvalue weighted by atomic mass is 31.3. The van der Waals surface area contributed by atoms with Crippen molar-refractivity contribution in [3.8, 4) is 0 Å². The molecule has 2 N–H and O–H groups in total. The number of rotatable bonds is 8. The van der Waals surface area contributed by atoms with Crippen LogP contribution in [0.3, 0.4) is 0 Å². The van der Waals surface area contributed by atoms with Gasteiger partial charge in [-0.2, -0.15) is 13.5 Å². The fourth-order valence-corrected chi connectivity index (χ4v) is 18.3. The van der Waals surface area contributed by atoms with Gasteiger partial charge in [0, 0.05) is 63.7 Å². The van der Waals surface area contributed by atoms with Crippen molar-refractivity contribution < 1.29 is 0 Å². The van der Waals surface area contributed by atoms with Crippen molar-refractivity contribution in [3.63, 3.8) is 0 Å². The van der Waals surface area contributed by atoms with Crippen molar-refractivity contribution >= 4 is 33.9 Å². The van der Waals surface area contributed by atoms with Gasteiger partial charge in [-0.25, -0.2) is 18.7 Å². The van der Waals surface area contributed by atoms with Crippen molar-refractivity contribution in [2.45, 2.75) is 13.8 Å². The Balaban J connectivity index is 1.44. The molecule has 5 heterocycles. The lowest BCUT2D eigenvalue weighted by Gasteiger charge is -2.38. The molecule has 0 aromatic heterocycles. The molecule has 0 bridgehead atoms. The molecule has 4 fully saturated rings. The number of aryl methyl sites for hydroxylation is 2. The standard InChI is InChI=1S/C22H32N9P3/c1-19-3-7-21(8-4-19)23-32(28-11-12-28)25-33(29-13-14-29,24-22-9-5-20(2)6-10-22)27-34(26-32,30-15-16-30)31-17-18-31/h3-10,23-24H,11-18H2,1-2H3/t32-,33-/m1/s1. The number of benzene rings is 2. The first-order chi connectivity index (χ1) is 16.5. The molecule has 0 saturated carbocycles. The molecule has 12 heteroatoms. The maximum absolute atomic E-state index is 5.73. The second-order valence-corrected chi connectivity index (χ2v) is 17.9. The maximum Gasteiger partial charge on any atom is 0.244 e. The lowest BCUT2D eigenvalue weighted by Crippen LogP contribution is -2.15. The van der Waals surface area contributed by atoms with Gasteiger partial charge in [0.2, 0.25) is 22.5 Å². The highest BCUT2D eigenvalue weighted by Gasteiger charge is 2.55. The van der Waals surface area contributed by atoms with E-state index in [9.17, 15) is 0 Å². The van der Waals surface area contributed by atoms with Crippen molar-refractivity contribution in [1.82, 2.24) is 18.7 Å². The van der Waals surface area contributed by atoms with Crippen LogP contribution in [0, 0.1) is 13.8 Å². The first-order valence-electron chi connectivity index (χ1n) is 12.1. The minimum absolute atomic E-state index is 1.05. The molecule has 0 unspecified atom stereocenters. The third-order valence-corrected chi connectivity index (χ3v) is 18.4. The number of nitrogens with zero attached hydrogens (tertiary/aromatic N) is 7. The Morgan fingerprint density at radius 3 is 1.29 bits per heavy atom. The van der Waals surface area contributed by atoms with Gasteiger partial charge in [0.25, 0.3) is 0 Å². The fraction of sp³-hybridized carbons (Fsp3) is 0.455. The zero-order chi connectivity index (χ0) is 23.0. The molecule has 0 aliphatic carbocycles. The van der Waals surface area contributed by atoms with Crippen LogP contribution in [0.25, 0.3) is 0 Å². The van der Waals surface area contributed by atoms with Gasteiger partial charge in [0.15, 0.2) is 0 Å². The van der Waals surface area contributed by atoms with E-state index in [1.165, 1.54) is 11.1 Å². The number of hydrogen-bond acceptors (Lipinski definition) is 9. The average molecular weight is 515 g/mol. The van der Waals surface area contributed by atoms with Crippen LogP contribution in [0.15, 0.2) is 62.1 Å². The smallest absolute Gasteiger partial charge is 0.244 e. The molecule has 0 radical (unpaired) electrons. The molecule has 2 aromatic rings. The molecule has 2 aromatic carbocycles. The first kappa shape index (κ1) is 21.8. The molecule has 34 heavy (non-hydrogen) atoms. The van der Waals surface area contributed by atoms with E-state index in [2.05, 4.69) is 91.2 Å². The molecular formula is C22H32N9P3. The van der Waals surface area contributed by atoms with Crippen molar-refractivity contribution in [3.05, 3.63) is 59.7 Å². The minimum atomic E-state index is -2.37. The summed E-state index contributed by atoms with van der Waals surface area (Å²) in [7, 11) is -6.90. The molecule has 4 saturated heterocycles. The van der Waals surface area contributed by atoms with Gasteiger partial charge < -0.3 is 10.2 Å². The van der Waals surface area contributed by atoms with Crippen LogP contribution in [0.4, 0.5) is 11.4 Å². The molecular weight excluding hydrogens is 483 g/mol. The van der Waals surface area contributed by atoms with E-state index in [-0.39, 0.29) is 0 Å². The van der Waals surface area contributed by atoms with E-state index in [0.29, 0.717) is 0 Å².